The number of aromatic amines is 1. The summed E-state index contributed by atoms with van der Waals surface area (Å²) in [5.41, 5.74) is 2.75. The van der Waals surface area contributed by atoms with Crippen molar-refractivity contribution in [1.29, 1.82) is 0 Å². The lowest BCUT2D eigenvalue weighted by Gasteiger charge is -2.34. The Labute approximate surface area is 252 Å². The smallest absolute Gasteiger partial charge is 0.247 e. The Hall–Kier alpha value is -4.31. The topological polar surface area (TPSA) is 116 Å². The lowest BCUT2D eigenvalue weighted by Crippen LogP contribution is -2.59. The van der Waals surface area contributed by atoms with Crippen molar-refractivity contribution >= 4 is 34.7 Å². The number of nitrogens with one attached hydrogen (secondary N) is 3. The van der Waals surface area contributed by atoms with Crippen molar-refractivity contribution in [2.75, 3.05) is 27.7 Å². The number of hydrogen-bond acceptors (Lipinski definition) is 6. The van der Waals surface area contributed by atoms with Gasteiger partial charge in [0.25, 0.3) is 0 Å². The van der Waals surface area contributed by atoms with Gasteiger partial charge in [0.15, 0.2) is 0 Å². The summed E-state index contributed by atoms with van der Waals surface area (Å²) in [5.74, 6) is 0.132. The zero-order valence-electron chi connectivity index (χ0n) is 25.4. The van der Waals surface area contributed by atoms with Gasteiger partial charge < -0.3 is 30.0 Å². The molecule has 0 aliphatic carbocycles. The van der Waals surface area contributed by atoms with Gasteiger partial charge in [-0.3, -0.25) is 19.3 Å². The van der Waals surface area contributed by atoms with Crippen LogP contribution in [0.5, 0.6) is 11.5 Å². The SMILES string of the molecule is CC[C@H](C)[C@H]1NC(=O)[C@H]2[C@H](CCN2C(=O)[C@H](Cc2c[nH]c3ccccc23)N(C)C)Oc2ccc(OC)c(c2)/C=C\NC1=O. The third-order valence-corrected chi connectivity index (χ3v) is 8.66. The standard InChI is InChI=1S/C33H41N5O5/c1-6-20(2)29-31(39)34-15-13-21-17-23(11-12-27(21)42-5)43-28-14-16-38(30(28)32(40)36-29)33(41)26(37(3)4)18-22-19-35-25-10-8-7-9-24(22)25/h7-13,15,17,19-20,26,28-30,35H,6,14,16,18H2,1-5H3,(H,34,39)(H,36,40)/b15-13-/t20-,26-,28-,29+,30+/m0/s1. The Bertz CT molecular complexity index is 1510. The Morgan fingerprint density at radius 2 is 1.95 bits per heavy atom. The first-order valence-corrected chi connectivity index (χ1v) is 14.9. The van der Waals surface area contributed by atoms with Gasteiger partial charge in [0, 0.05) is 41.8 Å². The van der Waals surface area contributed by atoms with E-state index in [1.165, 1.54) is 0 Å². The van der Waals surface area contributed by atoms with Gasteiger partial charge in [-0.2, -0.15) is 0 Å². The Kier molecular flexibility index (Phi) is 9.05. The number of carbonyl (C=O) groups excluding carboxylic acids is 3. The van der Waals surface area contributed by atoms with Crippen LogP contribution in [0.1, 0.15) is 37.8 Å². The zero-order chi connectivity index (χ0) is 30.7. The van der Waals surface area contributed by atoms with Crippen molar-refractivity contribution in [2.45, 2.75) is 57.3 Å². The highest BCUT2D eigenvalue weighted by Gasteiger charge is 2.46. The molecule has 43 heavy (non-hydrogen) atoms. The number of rotatable bonds is 7. The molecule has 1 aromatic heterocycles. The molecule has 1 saturated heterocycles. The van der Waals surface area contributed by atoms with Crippen LogP contribution in [0, 0.1) is 5.92 Å². The average molecular weight is 588 g/mol. The van der Waals surface area contributed by atoms with E-state index in [4.69, 9.17) is 9.47 Å². The summed E-state index contributed by atoms with van der Waals surface area (Å²) in [4.78, 5) is 48.5. The minimum absolute atomic E-state index is 0.139. The Morgan fingerprint density at radius 3 is 2.70 bits per heavy atom. The van der Waals surface area contributed by atoms with Crippen LogP contribution in [0.2, 0.25) is 0 Å². The van der Waals surface area contributed by atoms with Gasteiger partial charge >= 0.3 is 0 Å². The van der Waals surface area contributed by atoms with Crippen LogP contribution >= 0.6 is 0 Å². The molecular weight excluding hydrogens is 546 g/mol. The molecule has 2 bridgehead atoms. The lowest BCUT2D eigenvalue weighted by atomic mass is 9.97. The van der Waals surface area contributed by atoms with Crippen LogP contribution in [0.15, 0.2) is 54.9 Å². The number of para-hydroxylation sites is 1. The van der Waals surface area contributed by atoms with Crippen molar-refractivity contribution in [3.05, 3.63) is 66.0 Å². The molecule has 3 amide bonds. The van der Waals surface area contributed by atoms with Gasteiger partial charge in [-0.1, -0.05) is 38.5 Å². The van der Waals surface area contributed by atoms with Crippen LogP contribution in [-0.2, 0) is 20.8 Å². The molecule has 2 aliphatic rings. The van der Waals surface area contributed by atoms with Crippen LogP contribution < -0.4 is 20.1 Å². The molecule has 2 aromatic carbocycles. The molecular formula is C33H41N5O5. The normalized spacial score (nSPS) is 22.7. The van der Waals surface area contributed by atoms with Gasteiger partial charge in [-0.05, 0) is 62.3 Å². The molecule has 3 heterocycles. The fraction of sp³-hybridized carbons (Fsp3) is 0.424. The number of aromatic nitrogens is 1. The summed E-state index contributed by atoms with van der Waals surface area (Å²) in [6, 6.07) is 11.2. The molecule has 0 radical (unpaired) electrons. The molecule has 3 aromatic rings. The van der Waals surface area contributed by atoms with Crippen LogP contribution in [0.3, 0.4) is 0 Å². The first-order valence-electron chi connectivity index (χ1n) is 14.9. The van der Waals surface area contributed by atoms with Crippen molar-refractivity contribution < 1.29 is 23.9 Å². The maximum Gasteiger partial charge on any atom is 0.247 e. The number of fused-ring (bicyclic) bond motifs is 4. The average Bonchev–Trinajstić information content (AvgIpc) is 3.61. The first-order chi connectivity index (χ1) is 20.7. The number of H-pyrrole nitrogens is 1. The number of likely N-dealkylation sites (N-methyl/N-ethyl adjacent to an activating group) is 1. The van der Waals surface area contributed by atoms with Crippen LogP contribution in [-0.4, -0.2) is 84.5 Å². The van der Waals surface area contributed by atoms with Gasteiger partial charge in [0.05, 0.1) is 13.2 Å². The molecule has 0 spiro atoms. The highest BCUT2D eigenvalue weighted by Crippen LogP contribution is 2.31. The molecule has 10 nitrogen and oxygen atoms in total. The van der Waals surface area contributed by atoms with E-state index in [0.29, 0.717) is 42.9 Å². The largest absolute Gasteiger partial charge is 0.496 e. The molecule has 5 atom stereocenters. The van der Waals surface area contributed by atoms with E-state index < -0.39 is 30.1 Å². The highest BCUT2D eigenvalue weighted by molar-refractivity contribution is 5.95. The Balaban J connectivity index is 1.50. The number of benzene rings is 2. The maximum atomic E-state index is 14.3. The summed E-state index contributed by atoms with van der Waals surface area (Å²) in [7, 11) is 5.33. The molecule has 228 valence electrons. The number of amides is 3. The van der Waals surface area contributed by atoms with Gasteiger partial charge in [0.1, 0.15) is 29.7 Å². The summed E-state index contributed by atoms with van der Waals surface area (Å²) < 4.78 is 11.9. The number of carbonyl (C=O) groups is 3. The molecule has 10 heteroatoms. The zero-order valence-corrected chi connectivity index (χ0v) is 25.4. The Morgan fingerprint density at radius 1 is 1.16 bits per heavy atom. The molecule has 5 rings (SSSR count). The maximum absolute atomic E-state index is 14.3. The second-order valence-corrected chi connectivity index (χ2v) is 11.6. The van der Waals surface area contributed by atoms with E-state index >= 15 is 0 Å². The molecule has 3 N–H and O–H groups in total. The third-order valence-electron chi connectivity index (χ3n) is 8.66. The summed E-state index contributed by atoms with van der Waals surface area (Å²) >= 11 is 0. The summed E-state index contributed by atoms with van der Waals surface area (Å²) in [5, 5.41) is 6.86. The first kappa shape index (κ1) is 30.2. The van der Waals surface area contributed by atoms with E-state index in [9.17, 15) is 14.4 Å². The van der Waals surface area contributed by atoms with Crippen molar-refractivity contribution in [3.8, 4) is 11.5 Å². The number of ether oxygens (including phenoxy) is 2. The quantitative estimate of drug-likeness (QED) is 0.391. The number of methoxy groups -OCH3 is 1. The van der Waals surface area contributed by atoms with Crippen LogP contribution in [0.4, 0.5) is 0 Å². The van der Waals surface area contributed by atoms with Crippen molar-refractivity contribution in [3.63, 3.8) is 0 Å². The number of hydrogen-bond donors (Lipinski definition) is 3. The van der Waals surface area contributed by atoms with E-state index in [-0.39, 0.29) is 17.7 Å². The number of likely N-dealkylation sites (tertiary alicyclic amines) is 1. The van der Waals surface area contributed by atoms with Gasteiger partial charge in [-0.15, -0.1) is 0 Å². The summed E-state index contributed by atoms with van der Waals surface area (Å²) in [6.07, 6.45) is 6.24. The number of nitrogens with zero attached hydrogens (tertiary/aromatic N) is 2. The van der Waals surface area contributed by atoms with Crippen molar-refractivity contribution in [2.24, 2.45) is 5.92 Å². The van der Waals surface area contributed by atoms with Crippen molar-refractivity contribution in [1.82, 2.24) is 25.4 Å². The fourth-order valence-electron chi connectivity index (χ4n) is 5.97. The molecule has 0 unspecified atom stereocenters. The third kappa shape index (κ3) is 6.24. The lowest BCUT2D eigenvalue weighted by molar-refractivity contribution is -0.144. The highest BCUT2D eigenvalue weighted by atomic mass is 16.5. The second kappa shape index (κ2) is 12.9. The van der Waals surface area contributed by atoms with E-state index in [0.717, 1.165) is 16.5 Å². The fourth-order valence-corrected chi connectivity index (χ4v) is 5.97. The van der Waals surface area contributed by atoms with Crippen LogP contribution in [0.25, 0.3) is 17.0 Å². The van der Waals surface area contributed by atoms with E-state index in [2.05, 4.69) is 15.6 Å². The molecule has 0 saturated carbocycles. The monoisotopic (exact) mass is 587 g/mol. The molecule has 2 aliphatic heterocycles. The minimum Gasteiger partial charge on any atom is -0.496 e. The predicted molar refractivity (Wildman–Crippen MR) is 166 cm³/mol. The minimum atomic E-state index is -0.920. The van der Waals surface area contributed by atoms with E-state index in [1.807, 2.05) is 69.4 Å². The van der Waals surface area contributed by atoms with Gasteiger partial charge in [0.2, 0.25) is 17.7 Å². The van der Waals surface area contributed by atoms with Gasteiger partial charge in [-0.25, -0.2) is 0 Å². The molecule has 1 fully saturated rings. The van der Waals surface area contributed by atoms with E-state index in [1.54, 1.807) is 36.4 Å². The summed E-state index contributed by atoms with van der Waals surface area (Å²) in [6.45, 7) is 4.25. The predicted octanol–water partition coefficient (Wildman–Crippen LogP) is 3.33. The second-order valence-electron chi connectivity index (χ2n) is 11.6.